The van der Waals surface area contributed by atoms with Gasteiger partial charge in [0.1, 0.15) is 28.1 Å². The molecule has 4 unspecified atom stereocenters. The van der Waals surface area contributed by atoms with Gasteiger partial charge in [-0.2, -0.15) is 0 Å². The maximum Gasteiger partial charge on any atom is 0.268 e. The van der Waals surface area contributed by atoms with E-state index >= 15 is 0 Å². The minimum absolute atomic E-state index is 0.0168. The zero-order chi connectivity index (χ0) is 22.5. The Morgan fingerprint density at radius 1 is 1.34 bits per heavy atom. The number of aromatic nitrogens is 1. The molecular weight excluding hydrogens is 468 g/mol. The zero-order valence-corrected chi connectivity index (χ0v) is 20.2. The monoisotopic (exact) mass is 492 g/mol. The number of thiophene rings is 1. The smallest absolute Gasteiger partial charge is 0.268 e. The molecule has 1 amide bonds. The molecule has 2 aliphatic rings. The van der Waals surface area contributed by atoms with Gasteiger partial charge in [0.25, 0.3) is 5.91 Å². The third-order valence-electron chi connectivity index (χ3n) is 6.02. The molecule has 6 nitrogen and oxygen atoms in total. The van der Waals surface area contributed by atoms with Crippen LogP contribution in [0.2, 0.25) is 4.34 Å². The van der Waals surface area contributed by atoms with Crippen LogP contribution in [0.4, 0.5) is 0 Å². The summed E-state index contributed by atoms with van der Waals surface area (Å²) in [6, 6.07) is 11.7. The highest BCUT2D eigenvalue weighted by Crippen LogP contribution is 2.36. The number of carbonyl (C=O) groups is 1. The summed E-state index contributed by atoms with van der Waals surface area (Å²) in [5.41, 5.74) is 2.87. The highest BCUT2D eigenvalue weighted by molar-refractivity contribution is 7.91. The molecule has 5 rings (SSSR count). The molecule has 3 aromatic rings. The van der Waals surface area contributed by atoms with Gasteiger partial charge in [-0.1, -0.05) is 47.0 Å². The Morgan fingerprint density at radius 3 is 2.91 bits per heavy atom. The Hall–Kier alpha value is -1.55. The quantitative estimate of drug-likeness (QED) is 0.504. The molecule has 2 N–H and O–H groups in total. The number of ether oxygens (including phenoxy) is 2. The second kappa shape index (κ2) is 8.66. The van der Waals surface area contributed by atoms with Gasteiger partial charge in [-0.3, -0.25) is 4.79 Å². The number of aromatic amines is 1. The van der Waals surface area contributed by atoms with E-state index in [0.717, 1.165) is 22.2 Å². The van der Waals surface area contributed by atoms with Crippen molar-refractivity contribution in [1.29, 1.82) is 0 Å². The largest absolute Gasteiger partial charge is 0.616 e. The molecule has 0 radical (unpaired) electrons. The van der Waals surface area contributed by atoms with Gasteiger partial charge < -0.3 is 24.3 Å². The van der Waals surface area contributed by atoms with Gasteiger partial charge in [-0.25, -0.2) is 0 Å². The average molecular weight is 493 g/mol. The Labute approximate surface area is 198 Å². The number of benzene rings is 1. The Morgan fingerprint density at radius 2 is 2.16 bits per heavy atom. The van der Waals surface area contributed by atoms with Crippen molar-refractivity contribution in [2.45, 2.75) is 44.1 Å². The van der Waals surface area contributed by atoms with Crippen molar-refractivity contribution >= 4 is 50.2 Å². The van der Waals surface area contributed by atoms with Gasteiger partial charge in [-0.15, -0.1) is 11.3 Å². The van der Waals surface area contributed by atoms with Crippen LogP contribution in [0.25, 0.3) is 10.2 Å². The van der Waals surface area contributed by atoms with Gasteiger partial charge in [0.2, 0.25) is 0 Å². The lowest BCUT2D eigenvalue weighted by molar-refractivity contribution is -0.135. The van der Waals surface area contributed by atoms with Gasteiger partial charge in [0, 0.05) is 17.3 Å². The number of hydrogen-bond donors (Lipinski definition) is 2. The predicted molar refractivity (Wildman–Crippen MR) is 128 cm³/mol. The van der Waals surface area contributed by atoms with Crippen molar-refractivity contribution < 1.29 is 18.8 Å². The summed E-state index contributed by atoms with van der Waals surface area (Å²) in [7, 11) is 0. The molecule has 4 atom stereocenters. The van der Waals surface area contributed by atoms with E-state index in [1.807, 2.05) is 38.1 Å². The van der Waals surface area contributed by atoms with Crippen LogP contribution in [0.3, 0.4) is 0 Å². The van der Waals surface area contributed by atoms with Gasteiger partial charge in [-0.05, 0) is 43.5 Å². The van der Waals surface area contributed by atoms with Crippen molar-refractivity contribution in [3.63, 3.8) is 0 Å². The van der Waals surface area contributed by atoms with Crippen molar-refractivity contribution in [2.24, 2.45) is 0 Å². The molecule has 9 heteroatoms. The second-order valence-electron chi connectivity index (χ2n) is 8.83. The van der Waals surface area contributed by atoms with Gasteiger partial charge in [0.15, 0.2) is 5.79 Å². The number of H-pyrrole nitrogens is 1. The predicted octanol–water partition coefficient (Wildman–Crippen LogP) is 4.22. The fourth-order valence-corrected chi connectivity index (χ4v) is 7.27. The first-order chi connectivity index (χ1) is 15.3. The van der Waals surface area contributed by atoms with Crippen molar-refractivity contribution in [2.75, 3.05) is 18.1 Å². The van der Waals surface area contributed by atoms with E-state index < -0.39 is 17.0 Å². The zero-order valence-electron chi connectivity index (χ0n) is 17.9. The number of nitrogens with one attached hydrogen (secondary N) is 2. The summed E-state index contributed by atoms with van der Waals surface area (Å²) in [4.78, 5) is 17.0. The third kappa shape index (κ3) is 4.58. The molecule has 1 aliphatic heterocycles. The summed E-state index contributed by atoms with van der Waals surface area (Å²) in [5.74, 6) is 0.0947. The first-order valence-electron chi connectivity index (χ1n) is 10.6. The maximum atomic E-state index is 13.0. The summed E-state index contributed by atoms with van der Waals surface area (Å²) in [5, 5.41) is 4.11. The van der Waals surface area contributed by atoms with Crippen LogP contribution in [0, 0.1) is 0 Å². The Kier molecular flexibility index (Phi) is 6.03. The summed E-state index contributed by atoms with van der Waals surface area (Å²) >= 11 is 6.35. The first kappa shape index (κ1) is 22.3. The number of amides is 1. The van der Waals surface area contributed by atoms with Crippen LogP contribution in [0.1, 0.15) is 41.4 Å². The lowest BCUT2D eigenvalue weighted by Crippen LogP contribution is -2.41. The van der Waals surface area contributed by atoms with Crippen molar-refractivity contribution in [3.8, 4) is 0 Å². The molecule has 1 saturated heterocycles. The molecule has 3 heterocycles. The molecule has 0 spiro atoms. The number of fused-ring (bicyclic) bond motifs is 2. The molecule has 0 bridgehead atoms. The normalized spacial score (nSPS) is 25.2. The van der Waals surface area contributed by atoms with E-state index in [9.17, 15) is 9.35 Å². The molecule has 0 saturated carbocycles. The minimum Gasteiger partial charge on any atom is -0.616 e. The van der Waals surface area contributed by atoms with E-state index in [1.165, 1.54) is 16.9 Å². The Balaban J connectivity index is 1.29. The van der Waals surface area contributed by atoms with Gasteiger partial charge in [0.05, 0.1) is 10.9 Å². The molecule has 1 aromatic carbocycles. The van der Waals surface area contributed by atoms with Crippen molar-refractivity contribution in [1.82, 2.24) is 10.3 Å². The van der Waals surface area contributed by atoms with E-state index in [1.54, 1.807) is 0 Å². The summed E-state index contributed by atoms with van der Waals surface area (Å²) < 4.78 is 25.2. The number of halogens is 1. The minimum atomic E-state index is -1.11. The molecule has 1 fully saturated rings. The fourth-order valence-electron chi connectivity index (χ4n) is 4.62. The van der Waals surface area contributed by atoms with E-state index in [4.69, 9.17) is 21.1 Å². The topological polar surface area (TPSA) is 86.4 Å². The molecular formula is C23H25ClN2O4S2. The fraction of sp³-hybridized carbons (Fsp3) is 0.435. The number of rotatable bonds is 6. The van der Waals surface area contributed by atoms with E-state index in [2.05, 4.69) is 22.4 Å². The number of carbonyl (C=O) groups excluding carboxylic acids is 1. The summed E-state index contributed by atoms with van der Waals surface area (Å²) in [6.07, 6.45) is 0.551. The molecule has 2 aromatic heterocycles. The van der Waals surface area contributed by atoms with Crippen LogP contribution in [-0.2, 0) is 27.1 Å². The highest BCUT2D eigenvalue weighted by atomic mass is 35.5. The Bertz CT molecular complexity index is 1110. The molecule has 170 valence electrons. The SMILES string of the molecule is CC1(C)OCC(C[S+]([O-])CC2c3ccccc3CC2NC(=O)c2cc3cc(Cl)sc3[nH]2)O1. The lowest BCUT2D eigenvalue weighted by atomic mass is 10.0. The number of hydrogen-bond acceptors (Lipinski definition) is 5. The van der Waals surface area contributed by atoms with Crippen LogP contribution >= 0.6 is 22.9 Å². The summed E-state index contributed by atoms with van der Waals surface area (Å²) in [6.45, 7) is 4.19. The van der Waals surface area contributed by atoms with Crippen LogP contribution < -0.4 is 5.32 Å². The first-order valence-corrected chi connectivity index (χ1v) is 13.3. The van der Waals surface area contributed by atoms with Crippen molar-refractivity contribution in [3.05, 3.63) is 57.6 Å². The van der Waals surface area contributed by atoms with Crippen LogP contribution in [0.5, 0.6) is 0 Å². The molecule has 32 heavy (non-hydrogen) atoms. The van der Waals surface area contributed by atoms with Crippen LogP contribution in [-0.4, -0.2) is 51.5 Å². The molecule has 1 aliphatic carbocycles. The van der Waals surface area contributed by atoms with E-state index in [-0.39, 0.29) is 24.0 Å². The third-order valence-corrected chi connectivity index (χ3v) is 8.69. The lowest BCUT2D eigenvalue weighted by Gasteiger charge is -2.24. The highest BCUT2D eigenvalue weighted by Gasteiger charge is 2.39. The van der Waals surface area contributed by atoms with Crippen LogP contribution in [0.15, 0.2) is 36.4 Å². The van der Waals surface area contributed by atoms with E-state index in [0.29, 0.717) is 28.1 Å². The van der Waals surface area contributed by atoms with Gasteiger partial charge >= 0.3 is 0 Å². The second-order valence-corrected chi connectivity index (χ2v) is 12.1. The maximum absolute atomic E-state index is 13.0. The standard InChI is InChI=1S/C23H25ClN2O4S2/c1-23(2)29-10-15(30-23)11-32(28)12-17-16-6-4-3-5-13(16)7-18(17)25-21(27)19-8-14-9-20(24)31-22(14)26-19/h3-6,8-9,15,17-18,26H,7,10-12H2,1-2H3,(H,25,27). The average Bonchev–Trinajstić information content (AvgIpc) is 3.44.